The molecule has 2 amide bonds. The van der Waals surface area contributed by atoms with Crippen molar-refractivity contribution in [2.45, 2.75) is 38.8 Å². The Bertz CT molecular complexity index is 445. The van der Waals surface area contributed by atoms with Gasteiger partial charge in [-0.15, -0.1) is 0 Å². The van der Waals surface area contributed by atoms with E-state index in [1.54, 1.807) is 11.8 Å². The summed E-state index contributed by atoms with van der Waals surface area (Å²) >= 11 is 0. The Hall–Kier alpha value is -1.84. The average Bonchev–Trinajstić information content (AvgIpc) is 2.84. The molecule has 1 fully saturated rings. The number of ketones is 1. The Morgan fingerprint density at radius 2 is 2.05 bits per heavy atom. The summed E-state index contributed by atoms with van der Waals surface area (Å²) < 4.78 is 0. The molecule has 1 N–H and O–H groups in total. The largest absolute Gasteiger partial charge is 0.334 e. The highest BCUT2D eigenvalue weighted by Gasteiger charge is 2.29. The summed E-state index contributed by atoms with van der Waals surface area (Å²) in [6, 6.07) is 9.84. The second-order valence-corrected chi connectivity index (χ2v) is 5.04. The second-order valence-electron chi connectivity index (χ2n) is 5.04. The Kier molecular flexibility index (Phi) is 4.55. The standard InChI is InChI=1S/C15H20N2O2/c1-12(18)10-14-8-5-9-17(14)15(19)16-11-13-6-3-2-4-7-13/h2-4,6-7,14H,5,8-11H2,1H3,(H,16,19). The molecule has 102 valence electrons. The maximum atomic E-state index is 12.1. The van der Waals surface area contributed by atoms with Gasteiger partial charge in [-0.3, -0.25) is 4.79 Å². The first-order valence-corrected chi connectivity index (χ1v) is 6.74. The monoisotopic (exact) mass is 260 g/mol. The number of likely N-dealkylation sites (tertiary alicyclic amines) is 1. The van der Waals surface area contributed by atoms with E-state index >= 15 is 0 Å². The number of urea groups is 1. The Morgan fingerprint density at radius 3 is 2.74 bits per heavy atom. The summed E-state index contributed by atoms with van der Waals surface area (Å²) in [7, 11) is 0. The number of carbonyl (C=O) groups is 2. The number of hydrogen-bond donors (Lipinski definition) is 1. The minimum atomic E-state index is -0.0624. The lowest BCUT2D eigenvalue weighted by Crippen LogP contribution is -2.43. The molecule has 0 saturated carbocycles. The van der Waals surface area contributed by atoms with E-state index in [0.717, 1.165) is 24.9 Å². The van der Waals surface area contributed by atoms with E-state index in [-0.39, 0.29) is 17.9 Å². The van der Waals surface area contributed by atoms with Crippen molar-refractivity contribution in [2.24, 2.45) is 0 Å². The highest BCUT2D eigenvalue weighted by Crippen LogP contribution is 2.20. The lowest BCUT2D eigenvalue weighted by molar-refractivity contribution is -0.117. The molecule has 0 spiro atoms. The summed E-state index contributed by atoms with van der Waals surface area (Å²) in [5.74, 6) is 0.146. The Balaban J connectivity index is 1.87. The molecule has 1 aliphatic heterocycles. The molecule has 1 aliphatic rings. The van der Waals surface area contributed by atoms with E-state index in [1.165, 1.54) is 0 Å². The number of nitrogens with zero attached hydrogens (tertiary/aromatic N) is 1. The van der Waals surface area contributed by atoms with Gasteiger partial charge in [0.2, 0.25) is 0 Å². The van der Waals surface area contributed by atoms with Crippen LogP contribution in [0.4, 0.5) is 4.79 Å². The van der Waals surface area contributed by atoms with E-state index in [4.69, 9.17) is 0 Å². The lowest BCUT2D eigenvalue weighted by Gasteiger charge is -2.24. The van der Waals surface area contributed by atoms with Crippen LogP contribution < -0.4 is 5.32 Å². The molecule has 0 aromatic heterocycles. The SMILES string of the molecule is CC(=O)CC1CCCN1C(=O)NCc1ccccc1. The lowest BCUT2D eigenvalue weighted by atomic mass is 10.1. The zero-order valence-corrected chi connectivity index (χ0v) is 11.3. The number of benzene rings is 1. The second kappa shape index (κ2) is 6.36. The van der Waals surface area contributed by atoms with Crippen LogP contribution in [0.25, 0.3) is 0 Å². The van der Waals surface area contributed by atoms with Gasteiger partial charge >= 0.3 is 6.03 Å². The van der Waals surface area contributed by atoms with E-state index in [0.29, 0.717) is 13.0 Å². The molecule has 4 heteroatoms. The smallest absolute Gasteiger partial charge is 0.317 e. The Morgan fingerprint density at radius 1 is 1.32 bits per heavy atom. The molecule has 1 aromatic rings. The topological polar surface area (TPSA) is 49.4 Å². The third kappa shape index (κ3) is 3.81. The molecule has 4 nitrogen and oxygen atoms in total. The van der Waals surface area contributed by atoms with Crippen LogP contribution in [0.15, 0.2) is 30.3 Å². The normalized spacial score (nSPS) is 18.4. The van der Waals surface area contributed by atoms with Gasteiger partial charge in [0, 0.05) is 25.6 Å². The van der Waals surface area contributed by atoms with Gasteiger partial charge in [0.05, 0.1) is 0 Å². The number of carbonyl (C=O) groups excluding carboxylic acids is 2. The third-order valence-electron chi connectivity index (χ3n) is 3.45. The van der Waals surface area contributed by atoms with E-state index in [2.05, 4.69) is 5.32 Å². The van der Waals surface area contributed by atoms with Crippen LogP contribution >= 0.6 is 0 Å². The molecule has 19 heavy (non-hydrogen) atoms. The molecular formula is C15H20N2O2. The first-order valence-electron chi connectivity index (χ1n) is 6.74. The fraction of sp³-hybridized carbons (Fsp3) is 0.467. The van der Waals surface area contributed by atoms with Crippen molar-refractivity contribution in [3.05, 3.63) is 35.9 Å². The van der Waals surface area contributed by atoms with Gasteiger partial charge in [-0.1, -0.05) is 30.3 Å². The first-order chi connectivity index (χ1) is 9.16. The fourth-order valence-corrected chi connectivity index (χ4v) is 2.52. The molecule has 1 atom stereocenters. The number of rotatable bonds is 4. The molecule has 0 aliphatic carbocycles. The summed E-state index contributed by atoms with van der Waals surface area (Å²) in [6.07, 6.45) is 2.38. The van der Waals surface area contributed by atoms with Gasteiger partial charge in [0.1, 0.15) is 5.78 Å². The zero-order valence-electron chi connectivity index (χ0n) is 11.3. The van der Waals surface area contributed by atoms with Crippen LogP contribution in [-0.4, -0.2) is 29.3 Å². The molecule has 1 unspecified atom stereocenters. The maximum absolute atomic E-state index is 12.1. The van der Waals surface area contributed by atoms with Crippen LogP contribution in [0.2, 0.25) is 0 Å². The molecular weight excluding hydrogens is 240 g/mol. The molecule has 1 heterocycles. The number of amides is 2. The van der Waals surface area contributed by atoms with Crippen molar-refractivity contribution in [1.29, 1.82) is 0 Å². The molecule has 0 bridgehead atoms. The van der Waals surface area contributed by atoms with Crippen LogP contribution in [0.5, 0.6) is 0 Å². The first kappa shape index (κ1) is 13.6. The summed E-state index contributed by atoms with van der Waals surface area (Å²) in [5, 5.41) is 2.92. The maximum Gasteiger partial charge on any atom is 0.317 e. The summed E-state index contributed by atoms with van der Waals surface area (Å²) in [4.78, 5) is 25.1. The van der Waals surface area contributed by atoms with E-state index in [9.17, 15) is 9.59 Å². The van der Waals surface area contributed by atoms with Crippen molar-refractivity contribution in [2.75, 3.05) is 6.54 Å². The minimum absolute atomic E-state index is 0.0624. The third-order valence-corrected chi connectivity index (χ3v) is 3.45. The van der Waals surface area contributed by atoms with E-state index in [1.807, 2.05) is 30.3 Å². The fourth-order valence-electron chi connectivity index (χ4n) is 2.52. The van der Waals surface area contributed by atoms with E-state index < -0.39 is 0 Å². The number of nitrogens with one attached hydrogen (secondary N) is 1. The van der Waals surface area contributed by atoms with Crippen molar-refractivity contribution in [3.63, 3.8) is 0 Å². The van der Waals surface area contributed by atoms with Crippen LogP contribution in [0, 0.1) is 0 Å². The number of hydrogen-bond acceptors (Lipinski definition) is 2. The van der Waals surface area contributed by atoms with Gasteiger partial charge < -0.3 is 10.2 Å². The Labute approximate surface area is 113 Å². The van der Waals surface area contributed by atoms with Crippen LogP contribution in [-0.2, 0) is 11.3 Å². The molecule has 1 saturated heterocycles. The molecule has 1 aromatic carbocycles. The summed E-state index contributed by atoms with van der Waals surface area (Å²) in [6.45, 7) is 2.86. The minimum Gasteiger partial charge on any atom is -0.334 e. The van der Waals surface area contributed by atoms with Crippen molar-refractivity contribution >= 4 is 11.8 Å². The summed E-state index contributed by atoms with van der Waals surface area (Å²) in [5.41, 5.74) is 1.08. The zero-order chi connectivity index (χ0) is 13.7. The highest BCUT2D eigenvalue weighted by molar-refractivity contribution is 5.79. The predicted molar refractivity (Wildman–Crippen MR) is 73.7 cm³/mol. The van der Waals surface area contributed by atoms with Gasteiger partial charge in [-0.2, -0.15) is 0 Å². The number of Topliss-reactive ketones (excluding diaryl/α,β-unsaturated/α-hetero) is 1. The molecule has 2 rings (SSSR count). The van der Waals surface area contributed by atoms with Gasteiger partial charge in [0.25, 0.3) is 0 Å². The van der Waals surface area contributed by atoms with Gasteiger partial charge in [-0.25, -0.2) is 4.79 Å². The average molecular weight is 260 g/mol. The van der Waals surface area contributed by atoms with Gasteiger partial charge in [-0.05, 0) is 25.3 Å². The van der Waals surface area contributed by atoms with Crippen molar-refractivity contribution < 1.29 is 9.59 Å². The van der Waals surface area contributed by atoms with Crippen molar-refractivity contribution in [1.82, 2.24) is 10.2 Å². The van der Waals surface area contributed by atoms with Crippen LogP contribution in [0.1, 0.15) is 31.7 Å². The predicted octanol–water partition coefficient (Wildman–Crippen LogP) is 2.34. The highest BCUT2D eigenvalue weighted by atomic mass is 16.2. The van der Waals surface area contributed by atoms with Gasteiger partial charge in [0.15, 0.2) is 0 Å². The molecule has 0 radical (unpaired) electrons. The van der Waals surface area contributed by atoms with Crippen molar-refractivity contribution in [3.8, 4) is 0 Å². The van der Waals surface area contributed by atoms with Crippen LogP contribution in [0.3, 0.4) is 0 Å². The quantitative estimate of drug-likeness (QED) is 0.903.